The first-order chi connectivity index (χ1) is 16.1. The summed E-state index contributed by atoms with van der Waals surface area (Å²) in [5.41, 5.74) is 2.49. The van der Waals surface area contributed by atoms with E-state index in [1.165, 1.54) is 41.7 Å². The van der Waals surface area contributed by atoms with E-state index in [1.54, 1.807) is 0 Å². The highest BCUT2D eigenvalue weighted by molar-refractivity contribution is 7.92. The lowest BCUT2D eigenvalue weighted by Gasteiger charge is -2.26. The molecule has 0 amide bonds. The number of imidazole rings is 1. The molecule has 9 heteroatoms. The standard InChI is InChI=1S/C25H30N4O4S/c1-25(2,3)24-27-22-15-20(7-10-23(22)29(24)16-18-11-13-33-14-12-18)28(4)34(31,32)21-8-5-19(6-9-21)26-17-30/h5-10,15,18H,11-14,16H2,1-4H3. The maximum atomic E-state index is 13.2. The Kier molecular flexibility index (Phi) is 6.62. The van der Waals surface area contributed by atoms with Crippen molar-refractivity contribution >= 4 is 38.5 Å². The molecule has 1 fully saturated rings. The fourth-order valence-corrected chi connectivity index (χ4v) is 5.49. The van der Waals surface area contributed by atoms with Crippen LogP contribution in [0.1, 0.15) is 39.4 Å². The van der Waals surface area contributed by atoms with Gasteiger partial charge < -0.3 is 9.30 Å². The molecule has 0 aliphatic carbocycles. The first-order valence-corrected chi connectivity index (χ1v) is 12.8. The van der Waals surface area contributed by atoms with Crippen LogP contribution in [0.3, 0.4) is 0 Å². The zero-order valence-electron chi connectivity index (χ0n) is 20.0. The molecule has 180 valence electrons. The Morgan fingerprint density at radius 3 is 2.44 bits per heavy atom. The Balaban J connectivity index is 1.70. The second-order valence-corrected chi connectivity index (χ2v) is 11.7. The highest BCUT2D eigenvalue weighted by atomic mass is 32.2. The molecule has 0 spiro atoms. The predicted molar refractivity (Wildman–Crippen MR) is 132 cm³/mol. The van der Waals surface area contributed by atoms with Gasteiger partial charge in [0.05, 0.1) is 27.3 Å². The largest absolute Gasteiger partial charge is 0.381 e. The molecule has 3 aromatic rings. The molecule has 1 saturated heterocycles. The minimum atomic E-state index is -3.80. The predicted octanol–water partition coefficient (Wildman–Crippen LogP) is 4.55. The van der Waals surface area contributed by atoms with Crippen molar-refractivity contribution < 1.29 is 17.9 Å². The molecular weight excluding hydrogens is 452 g/mol. The first-order valence-electron chi connectivity index (χ1n) is 11.4. The van der Waals surface area contributed by atoms with Crippen LogP contribution in [0, 0.1) is 5.92 Å². The van der Waals surface area contributed by atoms with Crippen molar-refractivity contribution in [3.8, 4) is 0 Å². The van der Waals surface area contributed by atoms with Crippen molar-refractivity contribution in [2.24, 2.45) is 10.9 Å². The van der Waals surface area contributed by atoms with Crippen LogP contribution >= 0.6 is 0 Å². The zero-order chi connectivity index (χ0) is 24.5. The summed E-state index contributed by atoms with van der Waals surface area (Å²) in [4.78, 5) is 19.0. The number of hydrogen-bond acceptors (Lipinski definition) is 6. The molecule has 34 heavy (non-hydrogen) atoms. The summed E-state index contributed by atoms with van der Waals surface area (Å²) in [6.45, 7) is 8.88. The molecule has 4 rings (SSSR count). The van der Waals surface area contributed by atoms with Crippen LogP contribution < -0.4 is 4.31 Å². The number of ether oxygens (including phenoxy) is 1. The van der Waals surface area contributed by atoms with Crippen molar-refractivity contribution in [2.75, 3.05) is 24.6 Å². The quantitative estimate of drug-likeness (QED) is 0.379. The van der Waals surface area contributed by atoms with Crippen molar-refractivity contribution in [1.29, 1.82) is 0 Å². The van der Waals surface area contributed by atoms with Gasteiger partial charge in [0.2, 0.25) is 6.08 Å². The third kappa shape index (κ3) is 4.78. The van der Waals surface area contributed by atoms with E-state index in [0.717, 1.165) is 49.5 Å². The van der Waals surface area contributed by atoms with E-state index in [2.05, 4.69) is 30.3 Å². The number of nitrogens with zero attached hydrogens (tertiary/aromatic N) is 4. The molecule has 2 heterocycles. The Morgan fingerprint density at radius 2 is 1.82 bits per heavy atom. The zero-order valence-corrected chi connectivity index (χ0v) is 20.8. The number of hydrogen-bond donors (Lipinski definition) is 0. The van der Waals surface area contributed by atoms with Crippen LogP contribution in [0.15, 0.2) is 52.4 Å². The summed E-state index contributed by atoms with van der Waals surface area (Å²) in [5.74, 6) is 1.52. The third-order valence-electron chi connectivity index (χ3n) is 6.22. The number of fused-ring (bicyclic) bond motifs is 1. The number of rotatable bonds is 6. The Bertz CT molecular complexity index is 1330. The van der Waals surface area contributed by atoms with Crippen LogP contribution in [0.2, 0.25) is 0 Å². The second-order valence-electron chi connectivity index (χ2n) is 9.69. The summed E-state index contributed by atoms with van der Waals surface area (Å²) in [7, 11) is -2.28. The van der Waals surface area contributed by atoms with Gasteiger partial charge in [-0.05, 0) is 61.2 Å². The Hall–Kier alpha value is -3.00. The lowest BCUT2D eigenvalue weighted by atomic mass is 9.94. The number of sulfonamides is 1. The highest BCUT2D eigenvalue weighted by Gasteiger charge is 2.27. The van der Waals surface area contributed by atoms with Gasteiger partial charge in [-0.1, -0.05) is 20.8 Å². The minimum Gasteiger partial charge on any atom is -0.381 e. The Labute approximate surface area is 200 Å². The van der Waals surface area contributed by atoms with Crippen molar-refractivity contribution in [2.45, 2.75) is 50.5 Å². The number of aliphatic imine (C=N–C) groups is 1. The SMILES string of the molecule is CN(c1ccc2c(c1)nc(C(C)(C)C)n2CC1CCOCC1)S(=O)(=O)c1ccc(N=C=O)cc1. The third-order valence-corrected chi connectivity index (χ3v) is 8.02. The molecule has 0 saturated carbocycles. The van der Waals surface area contributed by atoms with Crippen LogP contribution in [0.5, 0.6) is 0 Å². The molecule has 2 aromatic carbocycles. The number of anilines is 1. The second kappa shape index (κ2) is 9.33. The lowest BCUT2D eigenvalue weighted by molar-refractivity contribution is 0.0611. The summed E-state index contributed by atoms with van der Waals surface area (Å²) >= 11 is 0. The highest BCUT2D eigenvalue weighted by Crippen LogP contribution is 2.32. The first kappa shape index (κ1) is 24.1. The summed E-state index contributed by atoms with van der Waals surface area (Å²) in [6.07, 6.45) is 3.50. The van der Waals surface area contributed by atoms with Gasteiger partial charge in [0.15, 0.2) is 0 Å². The van der Waals surface area contributed by atoms with Gasteiger partial charge in [-0.3, -0.25) is 4.31 Å². The van der Waals surface area contributed by atoms with Crippen LogP contribution in [-0.4, -0.2) is 44.3 Å². The van der Waals surface area contributed by atoms with E-state index in [9.17, 15) is 13.2 Å². The molecule has 1 aromatic heterocycles. The normalized spacial score (nSPS) is 15.3. The van der Waals surface area contributed by atoms with Gasteiger partial charge in [0.25, 0.3) is 10.0 Å². The van der Waals surface area contributed by atoms with E-state index in [4.69, 9.17) is 9.72 Å². The average molecular weight is 483 g/mol. The van der Waals surface area contributed by atoms with Gasteiger partial charge >= 0.3 is 0 Å². The molecule has 1 aliphatic heterocycles. The molecule has 0 atom stereocenters. The monoisotopic (exact) mass is 482 g/mol. The van der Waals surface area contributed by atoms with Gasteiger partial charge in [0, 0.05) is 32.2 Å². The average Bonchev–Trinajstić information content (AvgIpc) is 3.18. The van der Waals surface area contributed by atoms with Crippen molar-refractivity contribution in [3.63, 3.8) is 0 Å². The smallest absolute Gasteiger partial charge is 0.264 e. The van der Waals surface area contributed by atoms with Crippen LogP contribution in [0.25, 0.3) is 11.0 Å². The van der Waals surface area contributed by atoms with Crippen LogP contribution in [-0.2, 0) is 31.5 Å². The fourth-order valence-electron chi connectivity index (χ4n) is 4.30. The maximum Gasteiger partial charge on any atom is 0.264 e. The number of carbonyl (C=O) groups excluding carboxylic acids is 1. The van der Waals surface area contributed by atoms with Gasteiger partial charge in [0.1, 0.15) is 5.82 Å². The fraction of sp³-hybridized carbons (Fsp3) is 0.440. The maximum absolute atomic E-state index is 13.2. The van der Waals surface area contributed by atoms with Crippen molar-refractivity contribution in [1.82, 2.24) is 9.55 Å². The number of benzene rings is 2. The van der Waals surface area contributed by atoms with Crippen molar-refractivity contribution in [3.05, 3.63) is 48.3 Å². The Morgan fingerprint density at radius 1 is 1.15 bits per heavy atom. The van der Waals surface area contributed by atoms with Gasteiger partial charge in [-0.15, -0.1) is 0 Å². The van der Waals surface area contributed by atoms with Gasteiger partial charge in [-0.25, -0.2) is 18.2 Å². The molecule has 8 nitrogen and oxygen atoms in total. The van der Waals surface area contributed by atoms with E-state index in [-0.39, 0.29) is 10.3 Å². The van der Waals surface area contributed by atoms with E-state index in [1.807, 2.05) is 18.2 Å². The summed E-state index contributed by atoms with van der Waals surface area (Å²) < 4.78 is 35.5. The van der Waals surface area contributed by atoms with E-state index in [0.29, 0.717) is 17.3 Å². The minimum absolute atomic E-state index is 0.111. The summed E-state index contributed by atoms with van der Waals surface area (Å²) in [6, 6.07) is 11.4. The topological polar surface area (TPSA) is 93.9 Å². The molecule has 0 unspecified atom stereocenters. The molecule has 0 radical (unpaired) electrons. The lowest BCUT2D eigenvalue weighted by Crippen LogP contribution is -2.26. The number of aromatic nitrogens is 2. The van der Waals surface area contributed by atoms with E-state index < -0.39 is 10.0 Å². The summed E-state index contributed by atoms with van der Waals surface area (Å²) in [5, 5.41) is 0. The number of isocyanates is 1. The van der Waals surface area contributed by atoms with E-state index >= 15 is 0 Å². The molecular formula is C25H30N4O4S. The van der Waals surface area contributed by atoms with Crippen LogP contribution in [0.4, 0.5) is 11.4 Å². The molecule has 0 N–H and O–H groups in total. The molecule has 0 bridgehead atoms. The molecule has 1 aliphatic rings. The van der Waals surface area contributed by atoms with Gasteiger partial charge in [-0.2, -0.15) is 4.99 Å².